The monoisotopic (exact) mass is 375 g/mol. The standard InChI is InChI=1S/C22H17NO5/c1-25-18-9-10-19-15(14-26-20(19)13-18)12-22(24)28-17-7-5-16(6-8-17)27-21-4-2-3-11-23-21/h2-11,13-14H,12H2,1H3. The summed E-state index contributed by atoms with van der Waals surface area (Å²) in [7, 11) is 1.59. The van der Waals surface area contributed by atoms with Gasteiger partial charge in [0.05, 0.1) is 19.8 Å². The van der Waals surface area contributed by atoms with Crippen LogP contribution in [0.5, 0.6) is 23.1 Å². The Morgan fingerprint density at radius 3 is 2.54 bits per heavy atom. The van der Waals surface area contributed by atoms with Gasteiger partial charge in [-0.2, -0.15) is 0 Å². The summed E-state index contributed by atoms with van der Waals surface area (Å²) in [6, 6.07) is 17.7. The first-order valence-electron chi connectivity index (χ1n) is 8.65. The molecule has 0 atom stereocenters. The van der Waals surface area contributed by atoms with E-state index < -0.39 is 0 Å². The number of hydrogen-bond acceptors (Lipinski definition) is 6. The van der Waals surface area contributed by atoms with Crippen molar-refractivity contribution in [1.82, 2.24) is 4.98 Å². The second-order valence-corrected chi connectivity index (χ2v) is 6.02. The zero-order valence-corrected chi connectivity index (χ0v) is 15.1. The van der Waals surface area contributed by atoms with E-state index in [0.29, 0.717) is 28.7 Å². The maximum absolute atomic E-state index is 12.3. The largest absolute Gasteiger partial charge is 0.497 e. The molecule has 4 aromatic rings. The first-order chi connectivity index (χ1) is 13.7. The summed E-state index contributed by atoms with van der Waals surface area (Å²) in [4.78, 5) is 16.4. The summed E-state index contributed by atoms with van der Waals surface area (Å²) < 4.78 is 21.7. The number of ether oxygens (including phenoxy) is 3. The molecule has 2 aromatic carbocycles. The molecule has 28 heavy (non-hydrogen) atoms. The summed E-state index contributed by atoms with van der Waals surface area (Å²) in [6.07, 6.45) is 3.32. The first kappa shape index (κ1) is 17.6. The van der Waals surface area contributed by atoms with Gasteiger partial charge < -0.3 is 18.6 Å². The van der Waals surface area contributed by atoms with Crippen LogP contribution in [-0.4, -0.2) is 18.1 Å². The van der Waals surface area contributed by atoms with Gasteiger partial charge in [-0.3, -0.25) is 4.79 Å². The van der Waals surface area contributed by atoms with Crippen molar-refractivity contribution >= 4 is 16.9 Å². The van der Waals surface area contributed by atoms with E-state index in [9.17, 15) is 4.79 Å². The van der Waals surface area contributed by atoms with Crippen molar-refractivity contribution in [2.24, 2.45) is 0 Å². The topological polar surface area (TPSA) is 70.8 Å². The average molecular weight is 375 g/mol. The lowest BCUT2D eigenvalue weighted by atomic mass is 10.1. The van der Waals surface area contributed by atoms with Gasteiger partial charge in [-0.05, 0) is 42.5 Å². The Balaban J connectivity index is 1.40. The summed E-state index contributed by atoms with van der Waals surface area (Å²) in [5.41, 5.74) is 1.43. The van der Waals surface area contributed by atoms with Crippen LogP contribution in [0.3, 0.4) is 0 Å². The fraction of sp³-hybridized carbons (Fsp3) is 0.0909. The SMILES string of the molecule is COc1ccc2c(CC(=O)Oc3ccc(Oc4ccccn4)cc3)coc2c1. The Morgan fingerprint density at radius 1 is 1.00 bits per heavy atom. The van der Waals surface area contributed by atoms with E-state index >= 15 is 0 Å². The van der Waals surface area contributed by atoms with Crippen LogP contribution in [0.25, 0.3) is 11.0 Å². The number of furan rings is 1. The molecule has 0 bridgehead atoms. The molecule has 2 heterocycles. The minimum absolute atomic E-state index is 0.103. The fourth-order valence-electron chi connectivity index (χ4n) is 2.75. The quantitative estimate of drug-likeness (QED) is 0.357. The van der Waals surface area contributed by atoms with Gasteiger partial charge in [-0.1, -0.05) is 6.07 Å². The summed E-state index contributed by atoms with van der Waals surface area (Å²) in [5.74, 6) is 1.86. The molecule has 0 unspecified atom stereocenters. The molecule has 0 spiro atoms. The van der Waals surface area contributed by atoms with Crippen LogP contribution >= 0.6 is 0 Å². The van der Waals surface area contributed by atoms with E-state index in [1.54, 1.807) is 56.0 Å². The van der Waals surface area contributed by atoms with Crippen molar-refractivity contribution in [3.63, 3.8) is 0 Å². The molecule has 140 valence electrons. The van der Waals surface area contributed by atoms with E-state index in [0.717, 1.165) is 10.9 Å². The fourth-order valence-corrected chi connectivity index (χ4v) is 2.75. The van der Waals surface area contributed by atoms with E-state index in [1.165, 1.54) is 0 Å². The van der Waals surface area contributed by atoms with Crippen molar-refractivity contribution < 1.29 is 23.4 Å². The van der Waals surface area contributed by atoms with Gasteiger partial charge in [0.1, 0.15) is 22.8 Å². The molecule has 0 fully saturated rings. The van der Waals surface area contributed by atoms with Gasteiger partial charge in [0.2, 0.25) is 5.88 Å². The normalized spacial score (nSPS) is 10.6. The van der Waals surface area contributed by atoms with Crippen LogP contribution in [0.15, 0.2) is 77.5 Å². The third-order valence-corrected chi connectivity index (χ3v) is 4.11. The van der Waals surface area contributed by atoms with Crippen LogP contribution in [0.4, 0.5) is 0 Å². The number of nitrogens with zero attached hydrogens (tertiary/aromatic N) is 1. The highest BCUT2D eigenvalue weighted by atomic mass is 16.5. The van der Waals surface area contributed by atoms with E-state index in [1.807, 2.05) is 24.3 Å². The number of hydrogen-bond donors (Lipinski definition) is 0. The number of fused-ring (bicyclic) bond motifs is 1. The number of benzene rings is 2. The minimum atomic E-state index is -0.378. The Morgan fingerprint density at radius 2 is 1.79 bits per heavy atom. The van der Waals surface area contributed by atoms with Crippen molar-refractivity contribution in [2.75, 3.05) is 7.11 Å². The maximum Gasteiger partial charge on any atom is 0.315 e. The number of aromatic nitrogens is 1. The molecule has 0 aliphatic heterocycles. The second kappa shape index (κ2) is 7.84. The molecule has 0 amide bonds. The predicted octanol–water partition coefficient (Wildman–Crippen LogP) is 4.78. The zero-order chi connectivity index (χ0) is 19.3. The summed E-state index contributed by atoms with van der Waals surface area (Å²) in [6.45, 7) is 0. The summed E-state index contributed by atoms with van der Waals surface area (Å²) >= 11 is 0. The molecule has 6 nitrogen and oxygen atoms in total. The van der Waals surface area contributed by atoms with Gasteiger partial charge in [0, 0.05) is 29.3 Å². The highest BCUT2D eigenvalue weighted by molar-refractivity contribution is 5.87. The molecule has 6 heteroatoms. The van der Waals surface area contributed by atoms with E-state index in [2.05, 4.69) is 4.98 Å². The molecule has 0 aliphatic rings. The molecule has 0 aliphatic carbocycles. The molecular weight excluding hydrogens is 358 g/mol. The predicted molar refractivity (Wildman–Crippen MR) is 103 cm³/mol. The van der Waals surface area contributed by atoms with Gasteiger partial charge in [-0.25, -0.2) is 4.98 Å². The maximum atomic E-state index is 12.3. The second-order valence-electron chi connectivity index (χ2n) is 6.02. The molecule has 4 rings (SSSR count). The third kappa shape index (κ3) is 3.96. The molecule has 0 N–H and O–H groups in total. The number of rotatable bonds is 6. The molecule has 2 aromatic heterocycles. The number of carbonyl (C=O) groups is 1. The highest BCUT2D eigenvalue weighted by Crippen LogP contribution is 2.27. The van der Waals surface area contributed by atoms with E-state index in [-0.39, 0.29) is 12.4 Å². The van der Waals surface area contributed by atoms with Crippen LogP contribution in [0.2, 0.25) is 0 Å². The Bertz CT molecular complexity index is 1090. The average Bonchev–Trinajstić information content (AvgIpc) is 3.12. The van der Waals surface area contributed by atoms with Crippen molar-refractivity contribution in [3.8, 4) is 23.1 Å². The Kier molecular flexibility index (Phi) is 4.93. The Hall–Kier alpha value is -3.80. The van der Waals surface area contributed by atoms with Crippen molar-refractivity contribution in [1.29, 1.82) is 0 Å². The highest BCUT2D eigenvalue weighted by Gasteiger charge is 2.13. The molecule has 0 saturated carbocycles. The first-order valence-corrected chi connectivity index (χ1v) is 8.65. The number of carbonyl (C=O) groups excluding carboxylic acids is 1. The van der Waals surface area contributed by atoms with Gasteiger partial charge in [-0.15, -0.1) is 0 Å². The number of pyridine rings is 1. The van der Waals surface area contributed by atoms with Crippen molar-refractivity contribution in [3.05, 3.63) is 78.7 Å². The minimum Gasteiger partial charge on any atom is -0.497 e. The molecular formula is C22H17NO5. The van der Waals surface area contributed by atoms with Gasteiger partial charge in [0.25, 0.3) is 0 Å². The molecule has 0 radical (unpaired) electrons. The lowest BCUT2D eigenvalue weighted by Gasteiger charge is -2.06. The number of methoxy groups -OCH3 is 1. The summed E-state index contributed by atoms with van der Waals surface area (Å²) in [5, 5.41) is 0.858. The lowest BCUT2D eigenvalue weighted by Crippen LogP contribution is -2.10. The van der Waals surface area contributed by atoms with Gasteiger partial charge >= 0.3 is 5.97 Å². The number of esters is 1. The van der Waals surface area contributed by atoms with Crippen LogP contribution in [0, 0.1) is 0 Å². The molecule has 0 saturated heterocycles. The van der Waals surface area contributed by atoms with Crippen LogP contribution in [0.1, 0.15) is 5.56 Å². The van der Waals surface area contributed by atoms with Crippen LogP contribution < -0.4 is 14.2 Å². The van der Waals surface area contributed by atoms with Crippen molar-refractivity contribution in [2.45, 2.75) is 6.42 Å². The zero-order valence-electron chi connectivity index (χ0n) is 15.1. The van der Waals surface area contributed by atoms with Gasteiger partial charge in [0.15, 0.2) is 0 Å². The third-order valence-electron chi connectivity index (χ3n) is 4.11. The Labute approximate surface area is 161 Å². The smallest absolute Gasteiger partial charge is 0.315 e. The van der Waals surface area contributed by atoms with E-state index in [4.69, 9.17) is 18.6 Å². The lowest BCUT2D eigenvalue weighted by molar-refractivity contribution is -0.133. The van der Waals surface area contributed by atoms with Crippen LogP contribution in [-0.2, 0) is 11.2 Å².